The lowest BCUT2D eigenvalue weighted by molar-refractivity contribution is -0.119. The Morgan fingerprint density at radius 1 is 1.22 bits per heavy atom. The van der Waals surface area contributed by atoms with Crippen LogP contribution in [0.25, 0.3) is 0 Å². The zero-order valence-corrected chi connectivity index (χ0v) is 11.2. The highest BCUT2D eigenvalue weighted by atomic mass is 19.1. The van der Waals surface area contributed by atoms with E-state index in [1.807, 2.05) is 13.0 Å². The van der Waals surface area contributed by atoms with Gasteiger partial charge in [-0.1, -0.05) is 6.07 Å². The van der Waals surface area contributed by atoms with Crippen molar-refractivity contribution in [2.45, 2.75) is 25.8 Å². The number of benzene rings is 1. The van der Waals surface area contributed by atoms with Gasteiger partial charge in [-0.05, 0) is 24.6 Å². The molecule has 1 aromatic carbocycles. The molecule has 18 heavy (non-hydrogen) atoms. The van der Waals surface area contributed by atoms with Crippen molar-refractivity contribution in [1.82, 2.24) is 5.32 Å². The van der Waals surface area contributed by atoms with E-state index in [0.29, 0.717) is 6.54 Å². The minimum atomic E-state index is -0.362. The van der Waals surface area contributed by atoms with Gasteiger partial charge in [0.2, 0.25) is 0 Å². The molecule has 0 aliphatic carbocycles. The van der Waals surface area contributed by atoms with Gasteiger partial charge in [0.1, 0.15) is 0 Å². The molecule has 0 aliphatic rings. The molecule has 1 N–H and O–H groups in total. The summed E-state index contributed by atoms with van der Waals surface area (Å²) >= 11 is 0. The van der Waals surface area contributed by atoms with Crippen LogP contribution in [0.3, 0.4) is 0 Å². The van der Waals surface area contributed by atoms with E-state index in [1.54, 1.807) is 20.3 Å². The second-order valence-corrected chi connectivity index (χ2v) is 3.98. The van der Waals surface area contributed by atoms with Crippen molar-refractivity contribution in [2.24, 2.45) is 0 Å². The molecule has 0 fully saturated rings. The van der Waals surface area contributed by atoms with Crippen LogP contribution in [0.2, 0.25) is 0 Å². The summed E-state index contributed by atoms with van der Waals surface area (Å²) in [5, 5.41) is 3.21. The lowest BCUT2D eigenvalue weighted by Crippen LogP contribution is -2.39. The van der Waals surface area contributed by atoms with Crippen molar-refractivity contribution in [3.63, 3.8) is 0 Å². The largest absolute Gasteiger partial charge is 0.494 e. The summed E-state index contributed by atoms with van der Waals surface area (Å²) in [4.78, 5) is 0. The topological polar surface area (TPSA) is 39.7 Å². The summed E-state index contributed by atoms with van der Waals surface area (Å²) in [6, 6.07) is 4.88. The fraction of sp³-hybridized carbons (Fsp3) is 0.538. The quantitative estimate of drug-likeness (QED) is 0.758. The zero-order valence-electron chi connectivity index (χ0n) is 11.2. The maximum Gasteiger partial charge on any atom is 0.171 e. The number of hydrogen-bond donors (Lipinski definition) is 1. The Morgan fingerprint density at radius 3 is 2.39 bits per heavy atom. The summed E-state index contributed by atoms with van der Waals surface area (Å²) in [5.41, 5.74) is 0.839. The Labute approximate surface area is 107 Å². The average Bonchev–Trinajstić information content (AvgIpc) is 2.38. The molecule has 0 radical (unpaired) electrons. The van der Waals surface area contributed by atoms with Gasteiger partial charge in [0.05, 0.1) is 13.2 Å². The summed E-state index contributed by atoms with van der Waals surface area (Å²) in [5.74, 6) is -0.113. The first-order valence-electron chi connectivity index (χ1n) is 5.73. The lowest BCUT2D eigenvalue weighted by Gasteiger charge is -2.22. The molecule has 0 bridgehead atoms. The van der Waals surface area contributed by atoms with Gasteiger partial charge < -0.3 is 19.5 Å². The number of ether oxygens (including phenoxy) is 3. The van der Waals surface area contributed by atoms with Gasteiger partial charge in [-0.3, -0.25) is 0 Å². The van der Waals surface area contributed by atoms with Crippen LogP contribution in [0.15, 0.2) is 18.2 Å². The third-order valence-corrected chi connectivity index (χ3v) is 2.72. The fourth-order valence-electron chi connectivity index (χ4n) is 1.70. The van der Waals surface area contributed by atoms with Gasteiger partial charge in [0.15, 0.2) is 17.9 Å². The minimum Gasteiger partial charge on any atom is -0.494 e. The highest BCUT2D eigenvalue weighted by molar-refractivity contribution is 5.29. The van der Waals surface area contributed by atoms with Gasteiger partial charge in [0.25, 0.3) is 0 Å². The maximum absolute atomic E-state index is 13.5. The molecule has 4 nitrogen and oxygen atoms in total. The average molecular weight is 257 g/mol. The molecule has 1 aromatic rings. The molecule has 0 saturated carbocycles. The SMILES string of the molecule is COc1ccc(CNC(C)C(OC)OC)cc1F. The molecule has 0 heterocycles. The Bertz CT molecular complexity index is 369. The molecule has 0 spiro atoms. The summed E-state index contributed by atoms with van der Waals surface area (Å²) in [6.45, 7) is 2.48. The van der Waals surface area contributed by atoms with Gasteiger partial charge in [-0.25, -0.2) is 4.39 Å². The first-order valence-corrected chi connectivity index (χ1v) is 5.73. The van der Waals surface area contributed by atoms with Crippen molar-refractivity contribution in [3.05, 3.63) is 29.6 Å². The Morgan fingerprint density at radius 2 is 1.89 bits per heavy atom. The number of nitrogens with one attached hydrogen (secondary N) is 1. The Kier molecular flexibility index (Phi) is 6.04. The highest BCUT2D eigenvalue weighted by Gasteiger charge is 2.15. The molecular formula is C13H20FNO3. The Hall–Kier alpha value is -1.17. The van der Waals surface area contributed by atoms with E-state index in [9.17, 15) is 4.39 Å². The predicted molar refractivity (Wildman–Crippen MR) is 67.1 cm³/mol. The van der Waals surface area contributed by atoms with Gasteiger partial charge >= 0.3 is 0 Å². The molecule has 1 rings (SSSR count). The van der Waals surface area contributed by atoms with Crippen molar-refractivity contribution in [1.29, 1.82) is 0 Å². The summed E-state index contributed by atoms with van der Waals surface area (Å²) in [7, 11) is 4.61. The van der Waals surface area contributed by atoms with E-state index in [0.717, 1.165) is 5.56 Å². The van der Waals surface area contributed by atoms with E-state index in [1.165, 1.54) is 13.2 Å². The summed E-state index contributed by atoms with van der Waals surface area (Å²) < 4.78 is 28.6. The number of rotatable bonds is 7. The second kappa shape index (κ2) is 7.31. The summed E-state index contributed by atoms with van der Waals surface area (Å²) in [6.07, 6.45) is -0.326. The highest BCUT2D eigenvalue weighted by Crippen LogP contribution is 2.17. The van der Waals surface area contributed by atoms with Crippen molar-refractivity contribution in [2.75, 3.05) is 21.3 Å². The molecular weight excluding hydrogens is 237 g/mol. The van der Waals surface area contributed by atoms with Crippen LogP contribution in [0.1, 0.15) is 12.5 Å². The molecule has 0 aromatic heterocycles. The first-order chi connectivity index (χ1) is 8.62. The Balaban J connectivity index is 2.55. The molecule has 0 saturated heterocycles. The zero-order chi connectivity index (χ0) is 13.5. The lowest BCUT2D eigenvalue weighted by atomic mass is 10.2. The van der Waals surface area contributed by atoms with E-state index >= 15 is 0 Å². The number of methoxy groups -OCH3 is 3. The van der Waals surface area contributed by atoms with E-state index < -0.39 is 0 Å². The molecule has 0 amide bonds. The normalized spacial score (nSPS) is 12.8. The molecule has 102 valence electrons. The number of halogens is 1. The van der Waals surface area contributed by atoms with Crippen LogP contribution in [0.4, 0.5) is 4.39 Å². The van der Waals surface area contributed by atoms with Crippen molar-refractivity contribution in [3.8, 4) is 5.75 Å². The van der Waals surface area contributed by atoms with Gasteiger partial charge in [-0.2, -0.15) is 0 Å². The van der Waals surface area contributed by atoms with Crippen LogP contribution in [-0.2, 0) is 16.0 Å². The monoisotopic (exact) mass is 257 g/mol. The smallest absolute Gasteiger partial charge is 0.171 e. The molecule has 1 unspecified atom stereocenters. The minimum absolute atomic E-state index is 0.00478. The van der Waals surface area contributed by atoms with Crippen molar-refractivity contribution >= 4 is 0 Å². The molecule has 1 atom stereocenters. The predicted octanol–water partition coefficient (Wildman–Crippen LogP) is 1.93. The van der Waals surface area contributed by atoms with Crippen LogP contribution in [-0.4, -0.2) is 33.7 Å². The molecule has 0 aliphatic heterocycles. The van der Waals surface area contributed by atoms with Crippen LogP contribution in [0, 0.1) is 5.82 Å². The van der Waals surface area contributed by atoms with E-state index in [2.05, 4.69) is 5.32 Å². The van der Waals surface area contributed by atoms with Crippen LogP contribution in [0.5, 0.6) is 5.75 Å². The number of hydrogen-bond acceptors (Lipinski definition) is 4. The van der Waals surface area contributed by atoms with E-state index in [4.69, 9.17) is 14.2 Å². The molecule has 5 heteroatoms. The van der Waals surface area contributed by atoms with Crippen LogP contribution < -0.4 is 10.1 Å². The fourth-order valence-corrected chi connectivity index (χ4v) is 1.70. The van der Waals surface area contributed by atoms with Gasteiger partial charge in [-0.15, -0.1) is 0 Å². The van der Waals surface area contributed by atoms with Gasteiger partial charge in [0, 0.05) is 20.8 Å². The van der Waals surface area contributed by atoms with Crippen LogP contribution >= 0.6 is 0 Å². The third kappa shape index (κ3) is 3.94. The first kappa shape index (κ1) is 14.9. The third-order valence-electron chi connectivity index (χ3n) is 2.72. The second-order valence-electron chi connectivity index (χ2n) is 3.98. The standard InChI is InChI=1S/C13H20FNO3/c1-9(13(17-3)18-4)15-8-10-5-6-12(16-2)11(14)7-10/h5-7,9,13,15H,8H2,1-4H3. The maximum atomic E-state index is 13.5. The van der Waals surface area contributed by atoms with Crippen molar-refractivity contribution < 1.29 is 18.6 Å². The van der Waals surface area contributed by atoms with E-state index in [-0.39, 0.29) is 23.9 Å².